The molecule has 1 aliphatic rings. The summed E-state index contributed by atoms with van der Waals surface area (Å²) in [4.78, 5) is 24.0. The highest BCUT2D eigenvalue weighted by Crippen LogP contribution is 2.27. The number of methoxy groups -OCH3 is 1. The van der Waals surface area contributed by atoms with Crippen LogP contribution in [0.25, 0.3) is 0 Å². The van der Waals surface area contributed by atoms with Crippen LogP contribution in [0, 0.1) is 0 Å². The Hall–Kier alpha value is -2.53. The number of hydrogen-bond donors (Lipinski definition) is 1. The zero-order chi connectivity index (χ0) is 18.5. The van der Waals surface area contributed by atoms with Gasteiger partial charge in [-0.1, -0.05) is 29.8 Å². The van der Waals surface area contributed by atoms with E-state index in [0.29, 0.717) is 16.5 Å². The molecule has 0 heterocycles. The second kappa shape index (κ2) is 8.23. The molecule has 0 radical (unpaired) electrons. The molecule has 1 N–H and O–H groups in total. The molecular formula is C20H20ClNO4. The van der Waals surface area contributed by atoms with Crippen molar-refractivity contribution in [3.05, 3.63) is 58.1 Å². The maximum Gasteiger partial charge on any atom is 0.310 e. The highest BCUT2D eigenvalue weighted by Gasteiger charge is 2.14. The van der Waals surface area contributed by atoms with E-state index in [4.69, 9.17) is 21.1 Å². The molecule has 0 saturated heterocycles. The van der Waals surface area contributed by atoms with Gasteiger partial charge in [-0.25, -0.2) is 0 Å². The highest BCUT2D eigenvalue weighted by molar-refractivity contribution is 6.31. The van der Waals surface area contributed by atoms with Gasteiger partial charge in [0.15, 0.2) is 6.61 Å². The van der Waals surface area contributed by atoms with Gasteiger partial charge >= 0.3 is 5.97 Å². The smallest absolute Gasteiger partial charge is 0.310 e. The average molecular weight is 374 g/mol. The Balaban J connectivity index is 1.51. The van der Waals surface area contributed by atoms with Gasteiger partial charge in [-0.2, -0.15) is 0 Å². The summed E-state index contributed by atoms with van der Waals surface area (Å²) in [5.74, 6) is -0.406. The number of aryl methyl sites for hydroxylation is 2. The monoisotopic (exact) mass is 373 g/mol. The fourth-order valence-corrected chi connectivity index (χ4v) is 3.24. The van der Waals surface area contributed by atoms with Crippen molar-refractivity contribution in [2.75, 3.05) is 19.0 Å². The summed E-state index contributed by atoms with van der Waals surface area (Å²) in [5.41, 5.74) is 4.00. The third kappa shape index (κ3) is 4.55. The van der Waals surface area contributed by atoms with Crippen molar-refractivity contribution in [3.8, 4) is 5.75 Å². The molecule has 0 atom stereocenters. The Morgan fingerprint density at radius 3 is 2.73 bits per heavy atom. The Bertz CT molecular complexity index is 835. The van der Waals surface area contributed by atoms with Crippen LogP contribution in [-0.2, 0) is 33.6 Å². The fourth-order valence-electron chi connectivity index (χ4n) is 3.06. The van der Waals surface area contributed by atoms with Crippen molar-refractivity contribution in [2.24, 2.45) is 0 Å². The Labute approximate surface area is 157 Å². The topological polar surface area (TPSA) is 64.6 Å². The number of carbonyl (C=O) groups is 2. The summed E-state index contributed by atoms with van der Waals surface area (Å²) in [6.45, 7) is -0.362. The Morgan fingerprint density at radius 1 is 1.12 bits per heavy atom. The minimum atomic E-state index is -0.451. The minimum Gasteiger partial charge on any atom is -0.495 e. The molecule has 0 bridgehead atoms. The van der Waals surface area contributed by atoms with Crippen molar-refractivity contribution in [3.63, 3.8) is 0 Å². The van der Waals surface area contributed by atoms with Crippen molar-refractivity contribution in [1.29, 1.82) is 0 Å². The number of benzene rings is 2. The fraction of sp³-hybridized carbons (Fsp3) is 0.300. The lowest BCUT2D eigenvalue weighted by Gasteiger charge is -2.11. The summed E-state index contributed by atoms with van der Waals surface area (Å²) in [6.07, 6.45) is 3.48. The van der Waals surface area contributed by atoms with Gasteiger partial charge in [-0.3, -0.25) is 9.59 Å². The molecule has 0 unspecified atom stereocenters. The first-order valence-corrected chi connectivity index (χ1v) is 8.82. The van der Waals surface area contributed by atoms with Gasteiger partial charge < -0.3 is 14.8 Å². The SMILES string of the molecule is COc1ccc(Cl)cc1NC(=O)COC(=O)Cc1ccc2c(c1)CCC2. The van der Waals surface area contributed by atoms with Gasteiger partial charge in [-0.05, 0) is 54.2 Å². The third-order valence-corrected chi connectivity index (χ3v) is 4.55. The maximum absolute atomic E-state index is 12.0. The molecule has 5 nitrogen and oxygen atoms in total. The van der Waals surface area contributed by atoms with Crippen molar-refractivity contribution in [1.82, 2.24) is 0 Å². The summed E-state index contributed by atoms with van der Waals surface area (Å²) >= 11 is 5.92. The van der Waals surface area contributed by atoms with E-state index in [1.165, 1.54) is 18.2 Å². The molecule has 2 aromatic rings. The average Bonchev–Trinajstić information content (AvgIpc) is 3.08. The lowest BCUT2D eigenvalue weighted by molar-refractivity contribution is -0.146. The van der Waals surface area contributed by atoms with Crippen LogP contribution in [0.2, 0.25) is 5.02 Å². The molecule has 136 valence electrons. The quantitative estimate of drug-likeness (QED) is 0.786. The highest BCUT2D eigenvalue weighted by atomic mass is 35.5. The number of carbonyl (C=O) groups excluding carboxylic acids is 2. The van der Waals surface area contributed by atoms with Crippen molar-refractivity contribution >= 4 is 29.2 Å². The molecule has 0 aliphatic heterocycles. The maximum atomic E-state index is 12.0. The molecular weight excluding hydrogens is 354 g/mol. The van der Waals surface area contributed by atoms with E-state index in [1.807, 2.05) is 6.07 Å². The number of rotatable bonds is 6. The van der Waals surface area contributed by atoms with Crippen molar-refractivity contribution in [2.45, 2.75) is 25.7 Å². The van der Waals surface area contributed by atoms with Gasteiger partial charge in [-0.15, -0.1) is 0 Å². The lowest BCUT2D eigenvalue weighted by Crippen LogP contribution is -2.22. The van der Waals surface area contributed by atoms with E-state index in [-0.39, 0.29) is 13.0 Å². The van der Waals surface area contributed by atoms with Gasteiger partial charge in [0.2, 0.25) is 0 Å². The zero-order valence-corrected chi connectivity index (χ0v) is 15.3. The van der Waals surface area contributed by atoms with E-state index in [0.717, 1.165) is 24.8 Å². The third-order valence-electron chi connectivity index (χ3n) is 4.31. The molecule has 3 rings (SSSR count). The number of fused-ring (bicyclic) bond motifs is 1. The van der Waals surface area contributed by atoms with Crippen molar-refractivity contribution < 1.29 is 19.1 Å². The standard InChI is InChI=1S/C20H20ClNO4/c1-25-18-8-7-16(21)11-17(18)22-19(23)12-26-20(24)10-13-5-6-14-3-2-4-15(14)9-13/h5-9,11H,2-4,10,12H2,1H3,(H,22,23). The summed E-state index contributed by atoms with van der Waals surface area (Å²) in [6, 6.07) is 11.0. The lowest BCUT2D eigenvalue weighted by atomic mass is 10.0. The normalized spacial score (nSPS) is 12.4. The van der Waals surface area contributed by atoms with E-state index in [9.17, 15) is 9.59 Å². The first kappa shape index (κ1) is 18.3. The number of anilines is 1. The molecule has 0 aromatic heterocycles. The number of ether oxygens (including phenoxy) is 2. The zero-order valence-electron chi connectivity index (χ0n) is 14.5. The van der Waals surface area contributed by atoms with Gasteiger partial charge in [0, 0.05) is 5.02 Å². The molecule has 0 spiro atoms. The van der Waals surface area contributed by atoms with Crippen LogP contribution in [0.5, 0.6) is 5.75 Å². The van der Waals surface area contributed by atoms with E-state index in [1.54, 1.807) is 18.2 Å². The minimum absolute atomic E-state index is 0.154. The van der Waals surface area contributed by atoms with Crippen LogP contribution in [0.15, 0.2) is 36.4 Å². The predicted octanol–water partition coefficient (Wildman–Crippen LogP) is 3.56. The Kier molecular flexibility index (Phi) is 5.78. The van der Waals surface area contributed by atoms with Crippen LogP contribution >= 0.6 is 11.6 Å². The van der Waals surface area contributed by atoms with Crippen LogP contribution in [0.4, 0.5) is 5.69 Å². The van der Waals surface area contributed by atoms with Gasteiger partial charge in [0.25, 0.3) is 5.91 Å². The predicted molar refractivity (Wildman–Crippen MR) is 99.8 cm³/mol. The number of nitrogens with one attached hydrogen (secondary N) is 1. The van der Waals surface area contributed by atoms with Gasteiger partial charge in [0.1, 0.15) is 5.75 Å². The summed E-state index contributed by atoms with van der Waals surface area (Å²) in [5, 5.41) is 3.10. The molecule has 1 aliphatic carbocycles. The van der Waals surface area contributed by atoms with Crippen LogP contribution in [-0.4, -0.2) is 25.6 Å². The molecule has 26 heavy (non-hydrogen) atoms. The summed E-state index contributed by atoms with van der Waals surface area (Å²) in [7, 11) is 1.50. The first-order chi connectivity index (χ1) is 12.5. The van der Waals surface area contributed by atoms with E-state index in [2.05, 4.69) is 17.4 Å². The number of hydrogen-bond acceptors (Lipinski definition) is 4. The second-order valence-electron chi connectivity index (χ2n) is 6.19. The molecule has 0 saturated carbocycles. The van der Waals surface area contributed by atoms with E-state index < -0.39 is 11.9 Å². The van der Waals surface area contributed by atoms with Crippen LogP contribution in [0.3, 0.4) is 0 Å². The summed E-state index contributed by atoms with van der Waals surface area (Å²) < 4.78 is 10.2. The molecule has 6 heteroatoms. The largest absolute Gasteiger partial charge is 0.495 e. The van der Waals surface area contributed by atoms with Crippen LogP contribution in [0.1, 0.15) is 23.1 Å². The first-order valence-electron chi connectivity index (χ1n) is 8.45. The molecule has 0 fully saturated rings. The molecule has 1 amide bonds. The van der Waals surface area contributed by atoms with Crippen LogP contribution < -0.4 is 10.1 Å². The second-order valence-corrected chi connectivity index (χ2v) is 6.62. The molecule has 2 aromatic carbocycles. The number of halogens is 1. The Morgan fingerprint density at radius 2 is 1.92 bits per heavy atom. The van der Waals surface area contributed by atoms with E-state index >= 15 is 0 Å². The number of esters is 1. The van der Waals surface area contributed by atoms with Gasteiger partial charge in [0.05, 0.1) is 19.2 Å². The number of amides is 1.